The summed E-state index contributed by atoms with van der Waals surface area (Å²) in [6, 6.07) is 0. The van der Waals surface area contributed by atoms with Gasteiger partial charge in [-0.15, -0.1) is 0 Å². The molecule has 0 atom stereocenters. The maximum Gasteiger partial charge on any atom is 0.228 e. The van der Waals surface area contributed by atoms with Gasteiger partial charge in [-0.05, 0) is 18.4 Å². The van der Waals surface area contributed by atoms with E-state index in [0.29, 0.717) is 5.88 Å². The van der Waals surface area contributed by atoms with Crippen LogP contribution in [-0.2, 0) is 9.47 Å². The minimum absolute atomic E-state index is 0.626. The monoisotopic (exact) mass is 191 g/mol. The van der Waals surface area contributed by atoms with Crippen LogP contribution in [0, 0.1) is 0 Å². The highest BCUT2D eigenvalue weighted by atomic mass is 16.5. The van der Waals surface area contributed by atoms with Crippen LogP contribution < -0.4 is 5.32 Å². The van der Waals surface area contributed by atoms with Crippen molar-refractivity contribution in [3.63, 3.8) is 0 Å². The van der Waals surface area contributed by atoms with Crippen LogP contribution >= 0.6 is 0 Å². The van der Waals surface area contributed by atoms with Crippen LogP contribution in [0.3, 0.4) is 0 Å². The van der Waals surface area contributed by atoms with E-state index in [-0.39, 0.29) is 0 Å². The lowest BCUT2D eigenvalue weighted by Gasteiger charge is -2.17. The molecule has 0 aromatic heterocycles. The number of ether oxygens (including phenoxy) is 2. The van der Waals surface area contributed by atoms with Crippen molar-refractivity contribution < 1.29 is 9.47 Å². The average molecular weight is 191 g/mol. The maximum absolute atomic E-state index is 5.43. The highest BCUT2D eigenvalue weighted by Gasteiger charge is 2.12. The van der Waals surface area contributed by atoms with Crippen molar-refractivity contribution in [1.29, 1.82) is 0 Å². The molecule has 0 saturated carbocycles. The van der Waals surface area contributed by atoms with Crippen LogP contribution in [0.25, 0.3) is 0 Å². The van der Waals surface area contributed by atoms with Crippen molar-refractivity contribution in [3.05, 3.63) is 48.0 Å². The van der Waals surface area contributed by atoms with Crippen molar-refractivity contribution in [2.24, 2.45) is 0 Å². The Morgan fingerprint density at radius 1 is 1.29 bits per heavy atom. The van der Waals surface area contributed by atoms with E-state index in [1.807, 2.05) is 6.08 Å². The van der Waals surface area contributed by atoms with Crippen molar-refractivity contribution >= 4 is 0 Å². The number of allylic oxidation sites excluding steroid dienone is 4. The van der Waals surface area contributed by atoms with E-state index >= 15 is 0 Å². The molecule has 0 saturated heterocycles. The summed E-state index contributed by atoms with van der Waals surface area (Å²) in [6.45, 7) is 0. The third kappa shape index (κ3) is 1.82. The van der Waals surface area contributed by atoms with Crippen LogP contribution in [0.4, 0.5) is 0 Å². The van der Waals surface area contributed by atoms with Gasteiger partial charge in [0.15, 0.2) is 12.0 Å². The molecule has 0 bridgehead atoms. The first kappa shape index (κ1) is 8.94. The number of rotatable bonds is 2. The molecule has 0 amide bonds. The molecule has 3 nitrogen and oxygen atoms in total. The van der Waals surface area contributed by atoms with Crippen LogP contribution in [0.2, 0.25) is 0 Å². The zero-order valence-electron chi connectivity index (χ0n) is 8.12. The topological polar surface area (TPSA) is 30.5 Å². The van der Waals surface area contributed by atoms with Gasteiger partial charge >= 0.3 is 0 Å². The highest BCUT2D eigenvalue weighted by Crippen LogP contribution is 2.24. The van der Waals surface area contributed by atoms with Crippen molar-refractivity contribution in [1.82, 2.24) is 5.32 Å². The third-order valence-electron chi connectivity index (χ3n) is 2.16. The molecule has 1 N–H and O–H groups in total. The summed E-state index contributed by atoms with van der Waals surface area (Å²) in [7, 11) is 1.79. The molecular weight excluding hydrogens is 178 g/mol. The zero-order valence-corrected chi connectivity index (χ0v) is 8.12. The summed E-state index contributed by atoms with van der Waals surface area (Å²) < 4.78 is 10.7. The fourth-order valence-electron chi connectivity index (χ4n) is 1.37. The Labute approximate surface area is 83.4 Å². The Hall–Kier alpha value is -1.64. The van der Waals surface area contributed by atoms with Gasteiger partial charge in [0, 0.05) is 7.05 Å². The largest absolute Gasteiger partial charge is 0.456 e. The molecule has 0 aromatic rings. The van der Waals surface area contributed by atoms with Gasteiger partial charge in [0.25, 0.3) is 0 Å². The summed E-state index contributed by atoms with van der Waals surface area (Å²) in [4.78, 5) is 0. The summed E-state index contributed by atoms with van der Waals surface area (Å²) >= 11 is 0. The lowest BCUT2D eigenvalue weighted by Crippen LogP contribution is -2.12. The number of hydrogen-bond donors (Lipinski definition) is 1. The van der Waals surface area contributed by atoms with E-state index in [1.54, 1.807) is 19.6 Å². The van der Waals surface area contributed by atoms with E-state index in [0.717, 1.165) is 18.6 Å². The second-order valence-corrected chi connectivity index (χ2v) is 3.11. The molecular formula is C11H13NO2. The maximum atomic E-state index is 5.43. The van der Waals surface area contributed by atoms with Crippen LogP contribution in [-0.4, -0.2) is 7.05 Å². The van der Waals surface area contributed by atoms with Gasteiger partial charge in [-0.3, -0.25) is 0 Å². The molecule has 14 heavy (non-hydrogen) atoms. The summed E-state index contributed by atoms with van der Waals surface area (Å²) in [5.41, 5.74) is 1.18. The van der Waals surface area contributed by atoms with E-state index in [2.05, 4.69) is 17.5 Å². The predicted octanol–water partition coefficient (Wildman–Crippen LogP) is 2.17. The van der Waals surface area contributed by atoms with Crippen molar-refractivity contribution in [2.45, 2.75) is 12.8 Å². The average Bonchev–Trinajstić information content (AvgIpc) is 2.30. The van der Waals surface area contributed by atoms with Crippen LogP contribution in [0.15, 0.2) is 48.0 Å². The Balaban J connectivity index is 2.04. The minimum Gasteiger partial charge on any atom is -0.456 e. The molecule has 0 spiro atoms. The molecule has 0 radical (unpaired) electrons. The molecule has 3 heteroatoms. The SMILES string of the molecule is CNC1=COC(C2=CC=CCC2)=CO1. The van der Waals surface area contributed by atoms with Crippen molar-refractivity contribution in [2.75, 3.05) is 7.05 Å². The Bertz CT molecular complexity index is 337. The van der Waals surface area contributed by atoms with Gasteiger partial charge in [-0.2, -0.15) is 0 Å². The van der Waals surface area contributed by atoms with Crippen LogP contribution in [0.1, 0.15) is 12.8 Å². The molecule has 0 fully saturated rings. The lowest BCUT2D eigenvalue weighted by molar-refractivity contribution is 0.219. The summed E-state index contributed by atoms with van der Waals surface area (Å²) in [6.07, 6.45) is 11.5. The normalized spacial score (nSPS) is 19.9. The standard InChI is InChI=1S/C11H13NO2/c1-12-11-8-13-10(7-14-11)9-5-3-2-4-6-9/h2-3,5,7-8,12H,4,6H2,1H3. The first-order chi connectivity index (χ1) is 6.90. The predicted molar refractivity (Wildman–Crippen MR) is 53.9 cm³/mol. The Morgan fingerprint density at radius 3 is 2.79 bits per heavy atom. The Kier molecular flexibility index (Phi) is 2.58. The van der Waals surface area contributed by atoms with Gasteiger partial charge in [0.1, 0.15) is 6.26 Å². The number of hydrogen-bond acceptors (Lipinski definition) is 3. The first-order valence-electron chi connectivity index (χ1n) is 4.67. The van der Waals surface area contributed by atoms with E-state index in [1.165, 1.54) is 5.57 Å². The van der Waals surface area contributed by atoms with E-state index in [4.69, 9.17) is 9.47 Å². The second-order valence-electron chi connectivity index (χ2n) is 3.11. The van der Waals surface area contributed by atoms with E-state index in [9.17, 15) is 0 Å². The van der Waals surface area contributed by atoms with Gasteiger partial charge < -0.3 is 14.8 Å². The molecule has 2 rings (SSSR count). The molecule has 2 aliphatic rings. The highest BCUT2D eigenvalue weighted by molar-refractivity contribution is 5.32. The quantitative estimate of drug-likeness (QED) is 0.725. The molecule has 74 valence electrons. The van der Waals surface area contributed by atoms with E-state index < -0.39 is 0 Å². The smallest absolute Gasteiger partial charge is 0.228 e. The van der Waals surface area contributed by atoms with Gasteiger partial charge in [-0.1, -0.05) is 18.2 Å². The summed E-state index contributed by atoms with van der Waals surface area (Å²) in [5.74, 6) is 1.43. The van der Waals surface area contributed by atoms with Crippen molar-refractivity contribution in [3.8, 4) is 0 Å². The molecule has 1 aliphatic heterocycles. The molecule has 0 aromatic carbocycles. The Morgan fingerprint density at radius 2 is 2.21 bits per heavy atom. The minimum atomic E-state index is 0.626. The van der Waals surface area contributed by atoms with Gasteiger partial charge in [0.05, 0.1) is 0 Å². The molecule has 0 unspecified atom stereocenters. The van der Waals surface area contributed by atoms with Gasteiger partial charge in [0.2, 0.25) is 5.88 Å². The fraction of sp³-hybridized carbons (Fsp3) is 0.273. The lowest BCUT2D eigenvalue weighted by atomic mass is 10.0. The van der Waals surface area contributed by atoms with Crippen LogP contribution in [0.5, 0.6) is 0 Å². The fourth-order valence-corrected chi connectivity index (χ4v) is 1.37. The number of nitrogens with one attached hydrogen (secondary N) is 1. The van der Waals surface area contributed by atoms with Gasteiger partial charge in [-0.25, -0.2) is 0 Å². The zero-order chi connectivity index (χ0) is 9.80. The molecule has 1 aliphatic carbocycles. The summed E-state index contributed by atoms with van der Waals surface area (Å²) in [5, 5.41) is 2.86. The molecule has 1 heterocycles. The first-order valence-corrected chi connectivity index (χ1v) is 4.67. The second kappa shape index (κ2) is 4.05. The third-order valence-corrected chi connectivity index (χ3v) is 2.16.